The van der Waals surface area contributed by atoms with E-state index < -0.39 is 0 Å². The van der Waals surface area contributed by atoms with Crippen molar-refractivity contribution in [1.82, 2.24) is 14.9 Å². The molecule has 0 aliphatic carbocycles. The average molecular weight is 175 g/mol. The third kappa shape index (κ3) is 1.49. The van der Waals surface area contributed by atoms with Gasteiger partial charge >= 0.3 is 0 Å². The maximum atomic E-state index is 4.32. The zero-order chi connectivity index (χ0) is 9.10. The van der Waals surface area contributed by atoms with Gasteiger partial charge in [-0.3, -0.25) is 0 Å². The summed E-state index contributed by atoms with van der Waals surface area (Å²) < 4.78 is 2.11. The quantitative estimate of drug-likeness (QED) is 0.743. The number of fused-ring (bicyclic) bond motifs is 1. The van der Waals surface area contributed by atoms with Crippen LogP contribution in [0.5, 0.6) is 0 Å². The Morgan fingerprint density at radius 2 is 2.38 bits per heavy atom. The van der Waals surface area contributed by atoms with E-state index in [1.165, 1.54) is 5.69 Å². The largest absolute Gasteiger partial charge is 0.366 e. The Kier molecular flexibility index (Phi) is 2.17. The first kappa shape index (κ1) is 8.10. The van der Waals surface area contributed by atoms with Crippen molar-refractivity contribution in [3.63, 3.8) is 0 Å². The van der Waals surface area contributed by atoms with Crippen molar-refractivity contribution in [2.75, 3.05) is 0 Å². The van der Waals surface area contributed by atoms with Crippen molar-refractivity contribution in [2.45, 2.75) is 19.8 Å². The minimum Gasteiger partial charge on any atom is -0.366 e. The lowest BCUT2D eigenvalue weighted by molar-refractivity contribution is 0.857. The van der Waals surface area contributed by atoms with E-state index in [0.717, 1.165) is 18.7 Å². The Balaban J connectivity index is 2.40. The molecule has 0 aromatic carbocycles. The molecule has 0 radical (unpaired) electrons. The molecule has 0 unspecified atom stereocenters. The molecular formula is C10H13N3. The first-order valence-electron chi connectivity index (χ1n) is 4.57. The minimum absolute atomic E-state index is 0.990. The molecule has 1 N–H and O–H groups in total. The van der Waals surface area contributed by atoms with E-state index in [4.69, 9.17) is 0 Å². The second kappa shape index (κ2) is 3.47. The average Bonchev–Trinajstić information content (AvgIpc) is 2.38. The van der Waals surface area contributed by atoms with Gasteiger partial charge in [-0.2, -0.15) is 0 Å². The molecule has 0 saturated carbocycles. The van der Waals surface area contributed by atoms with Gasteiger partial charge in [-0.25, -0.2) is 4.98 Å². The van der Waals surface area contributed by atoms with Crippen molar-refractivity contribution >= 4 is 12.3 Å². The van der Waals surface area contributed by atoms with Crippen LogP contribution in [0.1, 0.15) is 24.9 Å². The number of hydrogen-bond donors (Lipinski definition) is 1. The van der Waals surface area contributed by atoms with Crippen LogP contribution in [-0.4, -0.2) is 9.55 Å². The van der Waals surface area contributed by atoms with E-state index in [9.17, 15) is 0 Å². The van der Waals surface area contributed by atoms with Crippen LogP contribution in [0.25, 0.3) is 12.3 Å². The molecule has 1 aliphatic heterocycles. The summed E-state index contributed by atoms with van der Waals surface area (Å²) in [7, 11) is 0. The van der Waals surface area contributed by atoms with Gasteiger partial charge in [0.2, 0.25) is 0 Å². The number of nitrogens with zero attached hydrogens (tertiary/aromatic N) is 2. The molecule has 0 amide bonds. The molecule has 68 valence electrons. The van der Waals surface area contributed by atoms with E-state index in [0.29, 0.717) is 0 Å². The highest BCUT2D eigenvalue weighted by atomic mass is 15.1. The third-order valence-corrected chi connectivity index (χ3v) is 2.06. The van der Waals surface area contributed by atoms with Gasteiger partial charge in [-0.15, -0.1) is 0 Å². The molecule has 1 aliphatic rings. The van der Waals surface area contributed by atoms with Gasteiger partial charge in [0, 0.05) is 30.5 Å². The number of aromatic nitrogens is 2. The Labute approximate surface area is 77.8 Å². The predicted molar refractivity (Wildman–Crippen MR) is 53.7 cm³/mol. The van der Waals surface area contributed by atoms with Crippen LogP contribution in [0.15, 0.2) is 18.6 Å². The van der Waals surface area contributed by atoms with Crippen molar-refractivity contribution in [3.05, 3.63) is 30.1 Å². The summed E-state index contributed by atoms with van der Waals surface area (Å²) in [4.78, 5) is 4.32. The third-order valence-electron chi connectivity index (χ3n) is 2.06. The summed E-state index contributed by atoms with van der Waals surface area (Å²) in [5.41, 5.74) is 1.27. The van der Waals surface area contributed by atoms with Gasteiger partial charge in [0.15, 0.2) is 0 Å². The SMILES string of the molecule is CCCc1cnc2n1C=CNC=C2. The standard InChI is InChI=1S/C10H13N3/c1-2-3-9-8-12-10-4-5-11-6-7-13(9)10/h4-8,11H,2-3H2,1H3. The molecule has 0 bridgehead atoms. The Bertz CT molecular complexity index is 347. The molecule has 13 heavy (non-hydrogen) atoms. The first-order chi connectivity index (χ1) is 6.42. The van der Waals surface area contributed by atoms with Crippen LogP contribution in [0.2, 0.25) is 0 Å². The van der Waals surface area contributed by atoms with Gasteiger partial charge in [0.05, 0.1) is 0 Å². The van der Waals surface area contributed by atoms with Gasteiger partial charge in [-0.05, 0) is 12.5 Å². The van der Waals surface area contributed by atoms with Crippen LogP contribution in [0.4, 0.5) is 0 Å². The molecule has 3 nitrogen and oxygen atoms in total. The van der Waals surface area contributed by atoms with Crippen molar-refractivity contribution in [2.24, 2.45) is 0 Å². The van der Waals surface area contributed by atoms with Crippen molar-refractivity contribution in [1.29, 1.82) is 0 Å². The zero-order valence-electron chi connectivity index (χ0n) is 7.70. The fraction of sp³-hybridized carbons (Fsp3) is 0.300. The van der Waals surface area contributed by atoms with Gasteiger partial charge in [-0.1, -0.05) is 13.3 Å². The number of hydrogen-bond acceptors (Lipinski definition) is 2. The zero-order valence-corrected chi connectivity index (χ0v) is 7.70. The molecule has 3 heteroatoms. The van der Waals surface area contributed by atoms with Gasteiger partial charge in [0.25, 0.3) is 0 Å². The fourth-order valence-corrected chi connectivity index (χ4v) is 1.44. The maximum Gasteiger partial charge on any atom is 0.138 e. The van der Waals surface area contributed by atoms with Gasteiger partial charge < -0.3 is 9.88 Å². The summed E-state index contributed by atoms with van der Waals surface area (Å²) in [6.45, 7) is 2.18. The molecule has 0 saturated heterocycles. The number of nitrogens with one attached hydrogen (secondary N) is 1. The second-order valence-corrected chi connectivity index (χ2v) is 3.04. The lowest BCUT2D eigenvalue weighted by atomic mass is 10.3. The summed E-state index contributed by atoms with van der Waals surface area (Å²) in [5.74, 6) is 0.990. The van der Waals surface area contributed by atoms with Crippen LogP contribution >= 0.6 is 0 Å². The highest BCUT2D eigenvalue weighted by molar-refractivity contribution is 5.48. The monoisotopic (exact) mass is 175 g/mol. The fourth-order valence-electron chi connectivity index (χ4n) is 1.44. The van der Waals surface area contributed by atoms with E-state index in [1.807, 2.05) is 30.9 Å². The van der Waals surface area contributed by atoms with Gasteiger partial charge in [0.1, 0.15) is 5.82 Å². The van der Waals surface area contributed by atoms with Crippen LogP contribution in [-0.2, 0) is 6.42 Å². The number of imidazole rings is 1. The van der Waals surface area contributed by atoms with Crippen molar-refractivity contribution < 1.29 is 0 Å². The maximum absolute atomic E-state index is 4.32. The molecular weight excluding hydrogens is 162 g/mol. The Hall–Kier alpha value is -1.51. The predicted octanol–water partition coefficient (Wildman–Crippen LogP) is 1.84. The normalized spacial score (nSPS) is 13.6. The van der Waals surface area contributed by atoms with Crippen molar-refractivity contribution in [3.8, 4) is 0 Å². The molecule has 0 atom stereocenters. The summed E-state index contributed by atoms with van der Waals surface area (Å²) in [6, 6.07) is 0. The van der Waals surface area contributed by atoms with E-state index >= 15 is 0 Å². The molecule has 2 heterocycles. The lowest BCUT2D eigenvalue weighted by Crippen LogP contribution is -1.96. The Morgan fingerprint density at radius 1 is 1.46 bits per heavy atom. The number of rotatable bonds is 2. The van der Waals surface area contributed by atoms with E-state index in [2.05, 4.69) is 21.8 Å². The van der Waals surface area contributed by atoms with Crippen LogP contribution < -0.4 is 5.32 Å². The highest BCUT2D eigenvalue weighted by Gasteiger charge is 2.05. The van der Waals surface area contributed by atoms with E-state index in [1.54, 1.807) is 0 Å². The molecule has 2 rings (SSSR count). The second-order valence-electron chi connectivity index (χ2n) is 3.04. The molecule has 0 fully saturated rings. The summed E-state index contributed by atoms with van der Waals surface area (Å²) >= 11 is 0. The summed E-state index contributed by atoms with van der Waals surface area (Å²) in [5, 5.41) is 3.03. The molecule has 1 aromatic heterocycles. The topological polar surface area (TPSA) is 29.9 Å². The minimum atomic E-state index is 0.990. The van der Waals surface area contributed by atoms with E-state index in [-0.39, 0.29) is 0 Å². The lowest BCUT2D eigenvalue weighted by Gasteiger charge is -2.01. The summed E-state index contributed by atoms with van der Waals surface area (Å²) in [6.07, 6.45) is 11.9. The highest BCUT2D eigenvalue weighted by Crippen LogP contribution is 2.11. The smallest absolute Gasteiger partial charge is 0.138 e. The molecule has 1 aromatic rings. The molecule has 0 spiro atoms. The van der Waals surface area contributed by atoms with Crippen LogP contribution in [0, 0.1) is 0 Å². The van der Waals surface area contributed by atoms with Crippen LogP contribution in [0.3, 0.4) is 0 Å². The number of aryl methyl sites for hydroxylation is 1. The first-order valence-corrected chi connectivity index (χ1v) is 4.57. The Morgan fingerprint density at radius 3 is 3.23 bits per heavy atom.